The fourth-order valence-corrected chi connectivity index (χ4v) is 1.09. The lowest BCUT2D eigenvalue weighted by molar-refractivity contribution is 0.258. The van der Waals surface area contributed by atoms with Crippen LogP contribution in [0.4, 0.5) is 15.2 Å². The Bertz CT molecular complexity index is 508. The SMILES string of the molecule is NC(=O)Nc1nnc(-c2ccc(F)cc2)o1. The number of hydrogen-bond acceptors (Lipinski definition) is 4. The highest BCUT2D eigenvalue weighted by Gasteiger charge is 2.09. The van der Waals surface area contributed by atoms with E-state index in [4.69, 9.17) is 10.2 Å². The standard InChI is InChI=1S/C9H7FN4O2/c10-6-3-1-5(2-4-6)7-13-14-9(16-7)12-8(11)15/h1-4H,(H3,11,12,14,15). The molecule has 1 heterocycles. The molecule has 0 saturated carbocycles. The molecular formula is C9H7FN4O2. The van der Waals surface area contributed by atoms with Gasteiger partial charge in [-0.05, 0) is 24.3 Å². The van der Waals surface area contributed by atoms with E-state index in [2.05, 4.69) is 15.5 Å². The third-order valence-corrected chi connectivity index (χ3v) is 1.75. The number of carbonyl (C=O) groups is 1. The van der Waals surface area contributed by atoms with Crippen LogP contribution >= 0.6 is 0 Å². The lowest BCUT2D eigenvalue weighted by atomic mass is 10.2. The fraction of sp³-hybridized carbons (Fsp3) is 0. The summed E-state index contributed by atoms with van der Waals surface area (Å²) in [5.74, 6) is -0.192. The molecule has 2 rings (SSSR count). The van der Waals surface area contributed by atoms with Crippen molar-refractivity contribution in [1.29, 1.82) is 0 Å². The summed E-state index contributed by atoms with van der Waals surface area (Å²) in [6, 6.07) is 4.59. The molecule has 0 fully saturated rings. The van der Waals surface area contributed by atoms with E-state index in [0.29, 0.717) is 5.56 Å². The molecule has 2 amide bonds. The Morgan fingerprint density at radius 3 is 2.62 bits per heavy atom. The molecule has 0 radical (unpaired) electrons. The van der Waals surface area contributed by atoms with Crippen LogP contribution in [0.2, 0.25) is 0 Å². The Balaban J connectivity index is 2.24. The quantitative estimate of drug-likeness (QED) is 0.802. The summed E-state index contributed by atoms with van der Waals surface area (Å²) in [4.78, 5) is 10.5. The molecule has 7 heteroatoms. The van der Waals surface area contributed by atoms with Crippen molar-refractivity contribution < 1.29 is 13.6 Å². The van der Waals surface area contributed by atoms with E-state index in [0.717, 1.165) is 0 Å². The molecule has 82 valence electrons. The Hall–Kier alpha value is -2.44. The highest BCUT2D eigenvalue weighted by molar-refractivity contribution is 5.85. The zero-order valence-corrected chi connectivity index (χ0v) is 7.98. The first-order valence-corrected chi connectivity index (χ1v) is 4.31. The molecule has 0 aliphatic rings. The topological polar surface area (TPSA) is 94.0 Å². The predicted molar refractivity (Wildman–Crippen MR) is 52.9 cm³/mol. The first-order valence-electron chi connectivity index (χ1n) is 4.31. The minimum absolute atomic E-state index is 0.105. The van der Waals surface area contributed by atoms with Crippen molar-refractivity contribution in [1.82, 2.24) is 10.2 Å². The highest BCUT2D eigenvalue weighted by Crippen LogP contribution is 2.19. The second-order valence-corrected chi connectivity index (χ2v) is 2.91. The Morgan fingerprint density at radius 2 is 2.00 bits per heavy atom. The number of urea groups is 1. The van der Waals surface area contributed by atoms with Crippen molar-refractivity contribution in [3.63, 3.8) is 0 Å². The third kappa shape index (κ3) is 2.14. The molecule has 1 aromatic carbocycles. The minimum Gasteiger partial charge on any atom is -0.403 e. The van der Waals surface area contributed by atoms with Crippen molar-refractivity contribution >= 4 is 12.0 Å². The molecule has 0 aliphatic heterocycles. The van der Waals surface area contributed by atoms with Gasteiger partial charge in [0.15, 0.2) is 0 Å². The first kappa shape index (κ1) is 10.1. The Morgan fingerprint density at radius 1 is 1.31 bits per heavy atom. The number of aromatic nitrogens is 2. The van der Waals surface area contributed by atoms with E-state index in [9.17, 15) is 9.18 Å². The number of rotatable bonds is 2. The molecule has 0 spiro atoms. The molecule has 0 atom stereocenters. The van der Waals surface area contributed by atoms with Crippen LogP contribution in [0, 0.1) is 5.82 Å². The van der Waals surface area contributed by atoms with E-state index >= 15 is 0 Å². The third-order valence-electron chi connectivity index (χ3n) is 1.75. The van der Waals surface area contributed by atoms with E-state index in [-0.39, 0.29) is 17.7 Å². The van der Waals surface area contributed by atoms with Gasteiger partial charge in [0.25, 0.3) is 0 Å². The molecule has 0 unspecified atom stereocenters. The normalized spacial score (nSPS) is 10.1. The highest BCUT2D eigenvalue weighted by atomic mass is 19.1. The van der Waals surface area contributed by atoms with Crippen molar-refractivity contribution in [2.75, 3.05) is 5.32 Å². The largest absolute Gasteiger partial charge is 0.403 e. The van der Waals surface area contributed by atoms with Gasteiger partial charge in [0, 0.05) is 5.56 Å². The van der Waals surface area contributed by atoms with Crippen LogP contribution < -0.4 is 11.1 Å². The van der Waals surface area contributed by atoms with Gasteiger partial charge < -0.3 is 10.2 Å². The molecule has 3 N–H and O–H groups in total. The number of anilines is 1. The van der Waals surface area contributed by atoms with Gasteiger partial charge in [-0.25, -0.2) is 9.18 Å². The molecule has 16 heavy (non-hydrogen) atoms. The zero-order chi connectivity index (χ0) is 11.5. The maximum atomic E-state index is 12.6. The van der Waals surface area contributed by atoms with Crippen LogP contribution in [0.3, 0.4) is 0 Å². The number of hydrogen-bond donors (Lipinski definition) is 2. The van der Waals surface area contributed by atoms with Gasteiger partial charge in [-0.3, -0.25) is 5.32 Å². The van der Waals surface area contributed by atoms with Crippen molar-refractivity contribution in [3.05, 3.63) is 30.1 Å². The molecule has 2 aromatic rings. The molecule has 1 aromatic heterocycles. The van der Waals surface area contributed by atoms with Gasteiger partial charge in [0.1, 0.15) is 5.82 Å². The summed E-state index contributed by atoms with van der Waals surface area (Å²) in [5, 5.41) is 9.32. The number of nitrogens with one attached hydrogen (secondary N) is 1. The number of benzene rings is 1. The van der Waals surface area contributed by atoms with E-state index in [1.54, 1.807) is 0 Å². The minimum atomic E-state index is -0.797. The summed E-state index contributed by atoms with van der Waals surface area (Å²) >= 11 is 0. The molecule has 0 bridgehead atoms. The van der Waals surface area contributed by atoms with E-state index in [1.165, 1.54) is 24.3 Å². The van der Waals surface area contributed by atoms with Crippen molar-refractivity contribution in [3.8, 4) is 11.5 Å². The van der Waals surface area contributed by atoms with Gasteiger partial charge in [-0.2, -0.15) is 0 Å². The van der Waals surface area contributed by atoms with Gasteiger partial charge >= 0.3 is 12.0 Å². The number of halogens is 1. The van der Waals surface area contributed by atoms with Crippen LogP contribution in [0.15, 0.2) is 28.7 Å². The lowest BCUT2D eigenvalue weighted by Gasteiger charge is -1.94. The maximum absolute atomic E-state index is 12.6. The summed E-state index contributed by atoms with van der Waals surface area (Å²) in [6.45, 7) is 0. The van der Waals surface area contributed by atoms with E-state index < -0.39 is 6.03 Å². The molecular weight excluding hydrogens is 215 g/mol. The Labute approximate surface area is 89.3 Å². The lowest BCUT2D eigenvalue weighted by Crippen LogP contribution is -2.19. The fourth-order valence-electron chi connectivity index (χ4n) is 1.09. The van der Waals surface area contributed by atoms with Crippen molar-refractivity contribution in [2.45, 2.75) is 0 Å². The second-order valence-electron chi connectivity index (χ2n) is 2.91. The number of amides is 2. The summed E-state index contributed by atoms with van der Waals surface area (Å²) < 4.78 is 17.7. The van der Waals surface area contributed by atoms with Gasteiger partial charge in [-0.1, -0.05) is 5.10 Å². The summed E-state index contributed by atoms with van der Waals surface area (Å²) in [5.41, 5.74) is 5.41. The number of nitrogens with zero attached hydrogens (tertiary/aromatic N) is 2. The van der Waals surface area contributed by atoms with Gasteiger partial charge in [0.2, 0.25) is 5.89 Å². The van der Waals surface area contributed by atoms with Crippen LogP contribution in [0.5, 0.6) is 0 Å². The van der Waals surface area contributed by atoms with E-state index in [1.807, 2.05) is 0 Å². The summed E-state index contributed by atoms with van der Waals surface area (Å²) in [6.07, 6.45) is 0. The second kappa shape index (κ2) is 3.97. The zero-order valence-electron chi connectivity index (χ0n) is 7.98. The monoisotopic (exact) mass is 222 g/mol. The molecule has 6 nitrogen and oxygen atoms in total. The Kier molecular flexibility index (Phi) is 2.50. The van der Waals surface area contributed by atoms with Crippen LogP contribution in [-0.2, 0) is 0 Å². The van der Waals surface area contributed by atoms with Crippen LogP contribution in [0.1, 0.15) is 0 Å². The maximum Gasteiger partial charge on any atom is 0.324 e. The first-order chi connectivity index (χ1) is 7.65. The van der Waals surface area contributed by atoms with Crippen LogP contribution in [0.25, 0.3) is 11.5 Å². The molecule has 0 saturated heterocycles. The van der Waals surface area contributed by atoms with Crippen LogP contribution in [-0.4, -0.2) is 16.2 Å². The number of nitrogens with two attached hydrogens (primary N) is 1. The number of primary amides is 1. The van der Waals surface area contributed by atoms with Gasteiger partial charge in [0.05, 0.1) is 0 Å². The summed E-state index contributed by atoms with van der Waals surface area (Å²) in [7, 11) is 0. The molecule has 0 aliphatic carbocycles. The van der Waals surface area contributed by atoms with Crippen molar-refractivity contribution in [2.24, 2.45) is 5.73 Å². The number of carbonyl (C=O) groups excluding carboxylic acids is 1. The average Bonchev–Trinajstić information content (AvgIpc) is 2.66. The average molecular weight is 222 g/mol. The smallest absolute Gasteiger partial charge is 0.324 e. The van der Waals surface area contributed by atoms with Gasteiger partial charge in [-0.15, -0.1) is 5.10 Å². The predicted octanol–water partition coefficient (Wildman–Crippen LogP) is 1.37.